The predicted molar refractivity (Wildman–Crippen MR) is 178 cm³/mol. The second-order valence-corrected chi connectivity index (χ2v) is 12.9. The van der Waals surface area contributed by atoms with Crippen LogP contribution in [0.2, 0.25) is 0 Å². The van der Waals surface area contributed by atoms with Gasteiger partial charge in [-0.1, -0.05) is 24.3 Å². The number of ether oxygens (including phenoxy) is 4. The molecule has 0 amide bonds. The summed E-state index contributed by atoms with van der Waals surface area (Å²) in [5.74, 6) is -4.63. The Morgan fingerprint density at radius 1 is 0.700 bits per heavy atom. The second-order valence-electron chi connectivity index (χ2n) is 12.9. The Morgan fingerprint density at radius 3 is 1.44 bits per heavy atom. The van der Waals surface area contributed by atoms with Crippen LogP contribution in [-0.2, 0) is 38.1 Å². The molecule has 14 heteroatoms. The van der Waals surface area contributed by atoms with E-state index in [1.165, 1.54) is 0 Å². The number of anilines is 2. The summed E-state index contributed by atoms with van der Waals surface area (Å²) in [7, 11) is 0. The Kier molecular flexibility index (Phi) is 15.7. The fourth-order valence-corrected chi connectivity index (χ4v) is 6.45. The standard InChI is InChI=1S/C20H27NO5.C16H19NO5.K.H2O/c1-3-24-18(22)13-17(19(23)25-4-2)15-5-7-16(8-6-15)21-11-9-20(10-12-21)14-26-20;18-14(19)9-13(15(20)21)11-1-3-12(4-2-11)17-7-5-16(6-8-17)10-22-16;;/h5-8,17H,3-4,9-14H2,1-2H3;1-4,13H,5-10H2,(H,18,19)(H,20,21);;1H2/q;;+1;/p-1. The first-order valence-corrected chi connectivity index (χ1v) is 16.8. The third kappa shape index (κ3) is 11.2. The smallest absolute Gasteiger partial charge is 0.870 e. The van der Waals surface area contributed by atoms with Crippen LogP contribution in [0, 0.1) is 0 Å². The van der Waals surface area contributed by atoms with Crippen LogP contribution >= 0.6 is 0 Å². The summed E-state index contributed by atoms with van der Waals surface area (Å²) in [6.45, 7) is 9.67. The minimum atomic E-state index is -1.11. The zero-order chi connectivity index (χ0) is 34.3. The largest absolute Gasteiger partial charge is 1.00 e. The van der Waals surface area contributed by atoms with Crippen molar-refractivity contribution >= 4 is 35.3 Å². The molecular formula is C36H47KN2O11. The molecule has 2 unspecified atom stereocenters. The van der Waals surface area contributed by atoms with Crippen LogP contribution in [0.15, 0.2) is 48.5 Å². The van der Waals surface area contributed by atoms with Crippen LogP contribution in [0.5, 0.6) is 0 Å². The van der Waals surface area contributed by atoms with Gasteiger partial charge in [-0.3, -0.25) is 19.2 Å². The van der Waals surface area contributed by atoms with E-state index in [0.717, 1.165) is 82.0 Å². The van der Waals surface area contributed by atoms with Gasteiger partial charge in [-0.25, -0.2) is 0 Å². The molecule has 2 atom stereocenters. The fraction of sp³-hybridized carbons (Fsp3) is 0.556. The maximum Gasteiger partial charge on any atom is 1.00 e. The van der Waals surface area contributed by atoms with Crippen molar-refractivity contribution in [3.05, 3.63) is 59.7 Å². The Labute approximate surface area is 335 Å². The van der Waals surface area contributed by atoms with Crippen molar-refractivity contribution in [1.29, 1.82) is 0 Å². The van der Waals surface area contributed by atoms with Crippen molar-refractivity contribution in [3.63, 3.8) is 0 Å². The maximum absolute atomic E-state index is 12.3. The van der Waals surface area contributed by atoms with Gasteiger partial charge in [-0.05, 0) is 74.9 Å². The second kappa shape index (κ2) is 18.8. The minimum Gasteiger partial charge on any atom is -0.870 e. The Morgan fingerprint density at radius 2 is 1.10 bits per heavy atom. The Hall–Kier alpha value is -2.56. The first-order chi connectivity index (χ1) is 23.1. The van der Waals surface area contributed by atoms with Crippen molar-refractivity contribution in [2.45, 2.75) is 75.4 Å². The third-order valence-corrected chi connectivity index (χ3v) is 9.70. The summed E-state index contributed by atoms with van der Waals surface area (Å²) in [6.07, 6.45) is 3.75. The quantitative estimate of drug-likeness (QED) is 0.181. The van der Waals surface area contributed by atoms with E-state index in [1.54, 1.807) is 26.0 Å². The number of carbonyl (C=O) groups excluding carboxylic acids is 2. The van der Waals surface area contributed by atoms with Crippen molar-refractivity contribution in [1.82, 2.24) is 0 Å². The molecule has 0 radical (unpaired) electrons. The number of nitrogens with zero attached hydrogens (tertiary/aromatic N) is 2. The van der Waals surface area contributed by atoms with Gasteiger partial charge in [0.05, 0.1) is 62.3 Å². The van der Waals surface area contributed by atoms with Gasteiger partial charge in [-0.15, -0.1) is 0 Å². The van der Waals surface area contributed by atoms with Gasteiger partial charge < -0.3 is 44.4 Å². The molecule has 4 heterocycles. The van der Waals surface area contributed by atoms with Crippen molar-refractivity contribution in [2.24, 2.45) is 0 Å². The third-order valence-electron chi connectivity index (χ3n) is 9.70. The molecule has 3 N–H and O–H groups in total. The van der Waals surface area contributed by atoms with Crippen LogP contribution < -0.4 is 61.2 Å². The van der Waals surface area contributed by atoms with E-state index < -0.39 is 30.2 Å². The molecule has 13 nitrogen and oxygen atoms in total. The molecule has 268 valence electrons. The van der Waals surface area contributed by atoms with Crippen molar-refractivity contribution in [2.75, 3.05) is 62.4 Å². The minimum absolute atomic E-state index is 0. The molecule has 0 saturated carbocycles. The van der Waals surface area contributed by atoms with Gasteiger partial charge in [0, 0.05) is 37.6 Å². The molecule has 4 fully saturated rings. The molecule has 0 aromatic heterocycles. The van der Waals surface area contributed by atoms with E-state index in [4.69, 9.17) is 24.1 Å². The van der Waals surface area contributed by atoms with Gasteiger partial charge in [-0.2, -0.15) is 0 Å². The molecular weight excluding hydrogens is 675 g/mol. The van der Waals surface area contributed by atoms with Gasteiger partial charge in [0.2, 0.25) is 0 Å². The van der Waals surface area contributed by atoms with E-state index in [-0.39, 0.29) is 93.0 Å². The number of piperidine rings is 2. The summed E-state index contributed by atoms with van der Waals surface area (Å²) in [5, 5.41) is 18.0. The summed E-state index contributed by atoms with van der Waals surface area (Å²) in [6, 6.07) is 15.0. The average molecular weight is 723 g/mol. The summed E-state index contributed by atoms with van der Waals surface area (Å²) in [5.41, 5.74) is 3.76. The molecule has 2 aromatic carbocycles. The Balaban J connectivity index is 0.000000263. The number of aliphatic carboxylic acids is 2. The molecule has 0 aliphatic carbocycles. The van der Waals surface area contributed by atoms with Gasteiger partial charge in [0.15, 0.2) is 0 Å². The van der Waals surface area contributed by atoms with Crippen molar-refractivity contribution < 1.29 is 105 Å². The van der Waals surface area contributed by atoms with Crippen LogP contribution in [0.3, 0.4) is 0 Å². The number of rotatable bonds is 12. The van der Waals surface area contributed by atoms with Crippen LogP contribution in [-0.4, -0.2) is 103 Å². The monoisotopic (exact) mass is 722 g/mol. The number of hydrogen-bond donors (Lipinski definition) is 2. The van der Waals surface area contributed by atoms with Gasteiger partial charge in [0.25, 0.3) is 0 Å². The summed E-state index contributed by atoms with van der Waals surface area (Å²) < 4.78 is 21.2. The topological polar surface area (TPSA) is 189 Å². The van der Waals surface area contributed by atoms with Gasteiger partial charge >= 0.3 is 75.3 Å². The average Bonchev–Trinajstić information content (AvgIpc) is 4.02. The normalized spacial score (nSPS) is 19.0. The zero-order valence-corrected chi connectivity index (χ0v) is 32.3. The van der Waals surface area contributed by atoms with E-state index in [0.29, 0.717) is 12.2 Å². The van der Waals surface area contributed by atoms with Crippen LogP contribution in [0.1, 0.15) is 75.3 Å². The predicted octanol–water partition coefficient (Wildman–Crippen LogP) is 1.18. The van der Waals surface area contributed by atoms with E-state index in [2.05, 4.69) is 9.80 Å². The fourth-order valence-electron chi connectivity index (χ4n) is 6.45. The molecule has 0 bridgehead atoms. The number of benzene rings is 2. The number of carbonyl (C=O) groups is 4. The number of epoxide rings is 2. The summed E-state index contributed by atoms with van der Waals surface area (Å²) >= 11 is 0. The Bertz CT molecular complexity index is 1420. The van der Waals surface area contributed by atoms with Crippen LogP contribution in [0.25, 0.3) is 0 Å². The molecule has 2 spiro atoms. The maximum atomic E-state index is 12.3. The number of carboxylic acids is 2. The summed E-state index contributed by atoms with van der Waals surface area (Å²) in [4.78, 5) is 50.7. The number of carboxylic acid groups (broad SMARTS) is 2. The first-order valence-electron chi connectivity index (χ1n) is 16.8. The van der Waals surface area contributed by atoms with E-state index in [9.17, 15) is 24.3 Å². The SMILES string of the molecule is CCOC(=O)CC(C(=O)OCC)c1ccc(N2CCC3(CC2)CO3)cc1.O=C(O)CC(C(=O)O)c1ccc(N2CCC3(CC2)CO3)cc1.[K+].[OH-]. The first kappa shape index (κ1) is 41.9. The van der Waals surface area contributed by atoms with E-state index in [1.807, 2.05) is 36.4 Å². The molecule has 4 aliphatic rings. The number of hydrogen-bond acceptors (Lipinski definition) is 11. The molecule has 50 heavy (non-hydrogen) atoms. The zero-order valence-electron chi connectivity index (χ0n) is 29.2. The molecule has 6 rings (SSSR count). The molecule has 4 aliphatic heterocycles. The van der Waals surface area contributed by atoms with Crippen LogP contribution in [0.4, 0.5) is 11.4 Å². The molecule has 4 saturated heterocycles. The number of esters is 2. The van der Waals surface area contributed by atoms with Crippen molar-refractivity contribution in [3.8, 4) is 0 Å². The van der Waals surface area contributed by atoms with Gasteiger partial charge in [0.1, 0.15) is 0 Å². The molecule has 2 aromatic rings. The van der Waals surface area contributed by atoms with E-state index >= 15 is 0 Å².